The largest absolute Gasteiger partial charge is 0.467 e. The number of nitrogens with zero attached hydrogens (tertiary/aromatic N) is 4. The van der Waals surface area contributed by atoms with E-state index in [0.29, 0.717) is 12.5 Å². The van der Waals surface area contributed by atoms with Gasteiger partial charge in [-0.2, -0.15) is 5.26 Å². The second-order valence-electron chi connectivity index (χ2n) is 7.97. The van der Waals surface area contributed by atoms with Crippen molar-refractivity contribution >= 4 is 11.6 Å². The molecule has 1 atom stereocenters. The van der Waals surface area contributed by atoms with Crippen LogP contribution < -0.4 is 10.2 Å². The van der Waals surface area contributed by atoms with Gasteiger partial charge in [-0.25, -0.2) is 4.98 Å². The van der Waals surface area contributed by atoms with E-state index in [2.05, 4.69) is 35.0 Å². The zero-order chi connectivity index (χ0) is 19.5. The fraction of sp³-hybridized carbons (Fsp3) is 0.545. The van der Waals surface area contributed by atoms with Crippen LogP contribution in [0.1, 0.15) is 49.1 Å². The molecule has 1 saturated heterocycles. The Morgan fingerprint density at radius 1 is 1.36 bits per heavy atom. The van der Waals surface area contributed by atoms with Gasteiger partial charge in [0, 0.05) is 31.7 Å². The molecular formula is C22H29N5O. The number of nitrogens with one attached hydrogen (secondary N) is 1. The molecule has 6 heteroatoms. The molecule has 1 unspecified atom stereocenters. The third-order valence-electron chi connectivity index (χ3n) is 5.98. The van der Waals surface area contributed by atoms with Gasteiger partial charge < -0.3 is 14.6 Å². The lowest BCUT2D eigenvalue weighted by molar-refractivity contribution is 0.268. The second kappa shape index (κ2) is 8.24. The highest BCUT2D eigenvalue weighted by atomic mass is 16.3. The van der Waals surface area contributed by atoms with Gasteiger partial charge in [0.1, 0.15) is 23.5 Å². The van der Waals surface area contributed by atoms with Crippen LogP contribution in [-0.4, -0.2) is 36.1 Å². The average Bonchev–Trinajstić information content (AvgIpc) is 3.24. The lowest BCUT2D eigenvalue weighted by atomic mass is 9.94. The summed E-state index contributed by atoms with van der Waals surface area (Å²) >= 11 is 0. The summed E-state index contributed by atoms with van der Waals surface area (Å²) in [5.74, 6) is 3.28. The summed E-state index contributed by atoms with van der Waals surface area (Å²) in [5.41, 5.74) is 3.13. The van der Waals surface area contributed by atoms with Crippen molar-refractivity contribution in [1.29, 1.82) is 5.26 Å². The van der Waals surface area contributed by atoms with E-state index in [-0.39, 0.29) is 0 Å². The van der Waals surface area contributed by atoms with E-state index in [1.54, 1.807) is 6.26 Å². The number of fused-ring (bicyclic) bond motifs is 1. The molecule has 2 aromatic rings. The maximum atomic E-state index is 10.00. The van der Waals surface area contributed by atoms with Crippen molar-refractivity contribution in [3.63, 3.8) is 0 Å². The Labute approximate surface area is 167 Å². The lowest BCUT2D eigenvalue weighted by Gasteiger charge is -2.35. The highest BCUT2D eigenvalue weighted by molar-refractivity contribution is 5.67. The summed E-state index contributed by atoms with van der Waals surface area (Å²) < 4.78 is 5.48. The van der Waals surface area contributed by atoms with Crippen molar-refractivity contribution in [3.05, 3.63) is 40.8 Å². The van der Waals surface area contributed by atoms with Crippen LogP contribution >= 0.6 is 0 Å². The Hall–Kier alpha value is -2.52. The number of pyridine rings is 1. The third kappa shape index (κ3) is 3.72. The Morgan fingerprint density at radius 3 is 2.96 bits per heavy atom. The van der Waals surface area contributed by atoms with Crippen LogP contribution in [0.15, 0.2) is 22.8 Å². The minimum atomic E-state index is 0.598. The monoisotopic (exact) mass is 379 g/mol. The molecule has 0 bridgehead atoms. The van der Waals surface area contributed by atoms with E-state index < -0.39 is 0 Å². The van der Waals surface area contributed by atoms with Gasteiger partial charge in [0.2, 0.25) is 0 Å². The Kier molecular flexibility index (Phi) is 5.54. The minimum Gasteiger partial charge on any atom is -0.467 e. The lowest BCUT2D eigenvalue weighted by Crippen LogP contribution is -2.37. The fourth-order valence-electron chi connectivity index (χ4n) is 4.41. The first-order valence-corrected chi connectivity index (χ1v) is 10.4. The number of nitriles is 1. The van der Waals surface area contributed by atoms with Gasteiger partial charge in [0.05, 0.1) is 18.4 Å². The molecule has 0 radical (unpaired) electrons. The van der Waals surface area contributed by atoms with Crippen molar-refractivity contribution in [1.82, 2.24) is 9.88 Å². The Bertz CT molecular complexity index is 855. The average molecular weight is 380 g/mol. The molecule has 0 aromatic carbocycles. The van der Waals surface area contributed by atoms with Gasteiger partial charge in [0.15, 0.2) is 0 Å². The second-order valence-corrected chi connectivity index (χ2v) is 7.97. The van der Waals surface area contributed by atoms with Crippen molar-refractivity contribution in [3.8, 4) is 6.07 Å². The standard InChI is InChI=1S/C22H29N5O/c1-3-26-10-8-18-19(12-23)22(27-9-4-6-16(2)14-27)25-21(20(18)15-26)24-13-17-7-5-11-28-17/h5,7,11,16H,3-4,6,8-10,13-15H2,1-2H3,(H,24,25). The van der Waals surface area contributed by atoms with E-state index in [1.165, 1.54) is 17.5 Å². The molecule has 4 heterocycles. The molecule has 0 aliphatic carbocycles. The normalized spacial score (nSPS) is 19.9. The molecule has 1 fully saturated rings. The van der Waals surface area contributed by atoms with E-state index in [4.69, 9.17) is 9.40 Å². The maximum absolute atomic E-state index is 10.00. The quantitative estimate of drug-likeness (QED) is 0.853. The molecule has 0 saturated carbocycles. The topological polar surface area (TPSA) is 68.3 Å². The number of aromatic nitrogens is 1. The Balaban J connectivity index is 1.74. The number of furan rings is 1. The number of rotatable bonds is 5. The summed E-state index contributed by atoms with van der Waals surface area (Å²) in [7, 11) is 0. The molecule has 148 valence electrons. The van der Waals surface area contributed by atoms with Gasteiger partial charge in [-0.15, -0.1) is 0 Å². The smallest absolute Gasteiger partial charge is 0.149 e. The van der Waals surface area contributed by atoms with Crippen molar-refractivity contribution in [2.75, 3.05) is 36.4 Å². The predicted octanol–water partition coefficient (Wildman–Crippen LogP) is 3.77. The molecule has 0 amide bonds. The summed E-state index contributed by atoms with van der Waals surface area (Å²) in [6.07, 6.45) is 5.00. The number of anilines is 2. The minimum absolute atomic E-state index is 0.598. The first-order chi connectivity index (χ1) is 13.7. The number of hydrogen-bond donors (Lipinski definition) is 1. The van der Waals surface area contributed by atoms with E-state index in [9.17, 15) is 5.26 Å². The highest BCUT2D eigenvalue weighted by Gasteiger charge is 2.28. The summed E-state index contributed by atoms with van der Waals surface area (Å²) in [4.78, 5) is 9.73. The molecule has 28 heavy (non-hydrogen) atoms. The van der Waals surface area contributed by atoms with E-state index >= 15 is 0 Å². The van der Waals surface area contributed by atoms with Crippen LogP contribution in [0.4, 0.5) is 11.6 Å². The Morgan fingerprint density at radius 2 is 2.25 bits per heavy atom. The summed E-state index contributed by atoms with van der Waals surface area (Å²) in [6.45, 7) is 9.85. The molecule has 2 aliphatic heterocycles. The van der Waals surface area contributed by atoms with Crippen molar-refractivity contribution in [2.45, 2.75) is 46.2 Å². The van der Waals surface area contributed by atoms with Crippen LogP contribution in [0.3, 0.4) is 0 Å². The first-order valence-electron chi connectivity index (χ1n) is 10.4. The number of hydrogen-bond acceptors (Lipinski definition) is 6. The molecule has 2 aromatic heterocycles. The zero-order valence-corrected chi connectivity index (χ0v) is 16.9. The predicted molar refractivity (Wildman–Crippen MR) is 110 cm³/mol. The SMILES string of the molecule is CCN1CCc2c(C#N)c(N3CCCC(C)C3)nc(NCc3ccco3)c2C1. The zero-order valence-electron chi connectivity index (χ0n) is 16.9. The molecule has 6 nitrogen and oxygen atoms in total. The summed E-state index contributed by atoms with van der Waals surface area (Å²) in [6, 6.07) is 6.36. The van der Waals surface area contributed by atoms with Crippen molar-refractivity contribution < 1.29 is 4.42 Å². The van der Waals surface area contributed by atoms with Crippen LogP contribution in [0.5, 0.6) is 0 Å². The highest BCUT2D eigenvalue weighted by Crippen LogP contribution is 2.35. The third-order valence-corrected chi connectivity index (χ3v) is 5.98. The van der Waals surface area contributed by atoms with Gasteiger partial charge in [0.25, 0.3) is 0 Å². The van der Waals surface area contributed by atoms with Crippen molar-refractivity contribution in [2.24, 2.45) is 5.92 Å². The van der Waals surface area contributed by atoms with Crippen LogP contribution in [-0.2, 0) is 19.5 Å². The molecular weight excluding hydrogens is 350 g/mol. The van der Waals surface area contributed by atoms with Gasteiger partial charge in [-0.1, -0.05) is 13.8 Å². The molecule has 2 aliphatic rings. The molecule has 0 spiro atoms. The van der Waals surface area contributed by atoms with E-state index in [0.717, 1.165) is 68.5 Å². The van der Waals surface area contributed by atoms with Crippen LogP contribution in [0.2, 0.25) is 0 Å². The van der Waals surface area contributed by atoms with Gasteiger partial charge >= 0.3 is 0 Å². The van der Waals surface area contributed by atoms with Gasteiger partial charge in [-0.05, 0) is 49.4 Å². The first kappa shape index (κ1) is 18.8. The van der Waals surface area contributed by atoms with Crippen LogP contribution in [0.25, 0.3) is 0 Å². The molecule has 4 rings (SSSR count). The molecule has 1 N–H and O–H groups in total. The number of piperidine rings is 1. The van der Waals surface area contributed by atoms with E-state index in [1.807, 2.05) is 12.1 Å². The maximum Gasteiger partial charge on any atom is 0.149 e. The fourth-order valence-corrected chi connectivity index (χ4v) is 4.41. The summed E-state index contributed by atoms with van der Waals surface area (Å²) in [5, 5.41) is 13.5. The van der Waals surface area contributed by atoms with Gasteiger partial charge in [-0.3, -0.25) is 4.90 Å². The number of likely N-dealkylation sites (N-methyl/N-ethyl adjacent to an activating group) is 1. The van der Waals surface area contributed by atoms with Crippen LogP contribution in [0, 0.1) is 17.2 Å².